The van der Waals surface area contributed by atoms with Gasteiger partial charge in [-0.3, -0.25) is 4.79 Å². The third-order valence-electron chi connectivity index (χ3n) is 2.82. The van der Waals surface area contributed by atoms with Gasteiger partial charge in [-0.2, -0.15) is 0 Å². The molecule has 1 aromatic rings. The van der Waals surface area contributed by atoms with E-state index < -0.39 is 0 Å². The van der Waals surface area contributed by atoms with E-state index in [-0.39, 0.29) is 0 Å². The van der Waals surface area contributed by atoms with Crippen LogP contribution in [0, 0.1) is 0 Å². The van der Waals surface area contributed by atoms with Gasteiger partial charge in [0.05, 0.1) is 0 Å². The zero-order valence-electron chi connectivity index (χ0n) is 8.00. The van der Waals surface area contributed by atoms with E-state index >= 15 is 0 Å². The number of carbonyl (C=O) groups is 1. The Kier molecular flexibility index (Phi) is 3.02. The molecule has 14 heavy (non-hydrogen) atoms. The Labute approximate surface area is 92.6 Å². The molecular formula is C12H13BrO. The molecular weight excluding hydrogens is 240 g/mol. The molecule has 0 bridgehead atoms. The first-order valence-corrected chi connectivity index (χ1v) is 5.82. The molecule has 0 radical (unpaired) electrons. The van der Waals surface area contributed by atoms with Crippen molar-refractivity contribution < 1.29 is 4.79 Å². The van der Waals surface area contributed by atoms with Crippen LogP contribution < -0.4 is 0 Å². The van der Waals surface area contributed by atoms with E-state index in [0.29, 0.717) is 11.7 Å². The van der Waals surface area contributed by atoms with Crippen LogP contribution in [-0.2, 0) is 4.79 Å². The summed E-state index contributed by atoms with van der Waals surface area (Å²) in [7, 11) is 0. The summed E-state index contributed by atoms with van der Waals surface area (Å²) in [5, 5.41) is 0. The molecule has 1 aliphatic rings. The van der Waals surface area contributed by atoms with Crippen LogP contribution in [0.1, 0.15) is 37.2 Å². The molecule has 0 N–H and O–H groups in total. The van der Waals surface area contributed by atoms with Gasteiger partial charge in [0, 0.05) is 17.3 Å². The van der Waals surface area contributed by atoms with E-state index in [0.717, 1.165) is 30.2 Å². The zero-order valence-corrected chi connectivity index (χ0v) is 9.59. The topological polar surface area (TPSA) is 17.1 Å². The van der Waals surface area contributed by atoms with E-state index in [1.807, 2.05) is 0 Å². The standard InChI is InChI=1S/C12H13BrO/c13-11-6-4-9(5-7-11)10-2-1-3-12(14)8-10/h4-7,10H,1-3,8H2. The normalized spacial score (nSPS) is 22.4. The van der Waals surface area contributed by atoms with Gasteiger partial charge in [-0.1, -0.05) is 28.1 Å². The van der Waals surface area contributed by atoms with Crippen molar-refractivity contribution in [1.29, 1.82) is 0 Å². The molecule has 0 amide bonds. The van der Waals surface area contributed by atoms with Crippen molar-refractivity contribution in [3.63, 3.8) is 0 Å². The van der Waals surface area contributed by atoms with Gasteiger partial charge in [0.15, 0.2) is 0 Å². The third kappa shape index (κ3) is 2.24. The maximum Gasteiger partial charge on any atom is 0.133 e. The molecule has 0 saturated heterocycles. The maximum absolute atomic E-state index is 11.3. The van der Waals surface area contributed by atoms with Crippen LogP contribution in [0.5, 0.6) is 0 Å². The quantitative estimate of drug-likeness (QED) is 0.746. The minimum Gasteiger partial charge on any atom is -0.300 e. The second-order valence-electron chi connectivity index (χ2n) is 3.88. The van der Waals surface area contributed by atoms with E-state index in [9.17, 15) is 4.79 Å². The molecule has 1 unspecified atom stereocenters. The summed E-state index contributed by atoms with van der Waals surface area (Å²) in [6.45, 7) is 0. The monoisotopic (exact) mass is 252 g/mol. The summed E-state index contributed by atoms with van der Waals surface area (Å²) in [4.78, 5) is 11.3. The smallest absolute Gasteiger partial charge is 0.133 e. The number of rotatable bonds is 1. The van der Waals surface area contributed by atoms with Crippen LogP contribution in [-0.4, -0.2) is 5.78 Å². The molecule has 1 atom stereocenters. The fraction of sp³-hybridized carbons (Fsp3) is 0.417. The van der Waals surface area contributed by atoms with E-state index in [1.54, 1.807) is 0 Å². The highest BCUT2D eigenvalue weighted by atomic mass is 79.9. The summed E-state index contributed by atoms with van der Waals surface area (Å²) in [5.41, 5.74) is 1.31. The van der Waals surface area contributed by atoms with Gasteiger partial charge in [0.1, 0.15) is 5.78 Å². The Hall–Kier alpha value is -0.630. The highest BCUT2D eigenvalue weighted by Crippen LogP contribution is 2.31. The molecule has 2 rings (SSSR count). The summed E-state index contributed by atoms with van der Waals surface area (Å²) >= 11 is 3.41. The van der Waals surface area contributed by atoms with Crippen LogP contribution in [0.4, 0.5) is 0 Å². The number of hydrogen-bond acceptors (Lipinski definition) is 1. The van der Waals surface area contributed by atoms with Crippen molar-refractivity contribution in [1.82, 2.24) is 0 Å². The molecule has 1 saturated carbocycles. The van der Waals surface area contributed by atoms with Crippen molar-refractivity contribution in [2.75, 3.05) is 0 Å². The Balaban J connectivity index is 2.14. The lowest BCUT2D eigenvalue weighted by atomic mass is 9.83. The summed E-state index contributed by atoms with van der Waals surface area (Å²) in [6, 6.07) is 8.34. The second kappa shape index (κ2) is 4.26. The number of hydrogen-bond donors (Lipinski definition) is 0. The van der Waals surface area contributed by atoms with Gasteiger partial charge in [0.25, 0.3) is 0 Å². The SMILES string of the molecule is O=C1CCCC(c2ccc(Br)cc2)C1. The summed E-state index contributed by atoms with van der Waals surface area (Å²) in [5.74, 6) is 0.883. The molecule has 1 aliphatic carbocycles. The molecule has 74 valence electrons. The lowest BCUT2D eigenvalue weighted by Gasteiger charge is -2.20. The molecule has 0 aliphatic heterocycles. The molecule has 1 aromatic carbocycles. The van der Waals surface area contributed by atoms with Gasteiger partial charge in [-0.05, 0) is 36.5 Å². The molecule has 0 heterocycles. The van der Waals surface area contributed by atoms with Crippen LogP contribution in [0.25, 0.3) is 0 Å². The largest absolute Gasteiger partial charge is 0.300 e. The van der Waals surface area contributed by atoms with Gasteiger partial charge >= 0.3 is 0 Å². The molecule has 0 aromatic heterocycles. The van der Waals surface area contributed by atoms with E-state index in [1.165, 1.54) is 5.56 Å². The van der Waals surface area contributed by atoms with E-state index in [2.05, 4.69) is 40.2 Å². The van der Waals surface area contributed by atoms with Gasteiger partial charge < -0.3 is 0 Å². The van der Waals surface area contributed by atoms with Crippen molar-refractivity contribution in [2.45, 2.75) is 31.6 Å². The maximum atomic E-state index is 11.3. The Bertz CT molecular complexity index is 329. The minimum absolute atomic E-state index is 0.421. The van der Waals surface area contributed by atoms with Gasteiger partial charge in [0.2, 0.25) is 0 Å². The van der Waals surface area contributed by atoms with Gasteiger partial charge in [-0.15, -0.1) is 0 Å². The number of halogens is 1. The Morgan fingerprint density at radius 2 is 1.93 bits per heavy atom. The lowest BCUT2D eigenvalue weighted by Crippen LogP contribution is -2.13. The summed E-state index contributed by atoms with van der Waals surface area (Å²) < 4.78 is 1.10. The first-order chi connectivity index (χ1) is 6.75. The number of carbonyl (C=O) groups excluding carboxylic acids is 1. The number of benzene rings is 1. The van der Waals surface area contributed by atoms with Crippen molar-refractivity contribution in [3.8, 4) is 0 Å². The summed E-state index contributed by atoms with van der Waals surface area (Å²) in [6.07, 6.45) is 3.74. The van der Waals surface area contributed by atoms with Crippen LogP contribution in [0.2, 0.25) is 0 Å². The average molecular weight is 253 g/mol. The van der Waals surface area contributed by atoms with E-state index in [4.69, 9.17) is 0 Å². The minimum atomic E-state index is 0.421. The highest BCUT2D eigenvalue weighted by molar-refractivity contribution is 9.10. The molecule has 1 fully saturated rings. The van der Waals surface area contributed by atoms with Crippen LogP contribution in [0.15, 0.2) is 28.7 Å². The number of ketones is 1. The Morgan fingerprint density at radius 3 is 2.57 bits per heavy atom. The lowest BCUT2D eigenvalue weighted by molar-refractivity contribution is -0.120. The fourth-order valence-electron chi connectivity index (χ4n) is 2.04. The Morgan fingerprint density at radius 1 is 1.21 bits per heavy atom. The first-order valence-electron chi connectivity index (χ1n) is 5.03. The van der Waals surface area contributed by atoms with Gasteiger partial charge in [-0.25, -0.2) is 0 Å². The predicted molar refractivity (Wildman–Crippen MR) is 60.4 cm³/mol. The second-order valence-corrected chi connectivity index (χ2v) is 4.80. The molecule has 1 nitrogen and oxygen atoms in total. The number of Topliss-reactive ketones (excluding diaryl/α,β-unsaturated/α-hetero) is 1. The van der Waals surface area contributed by atoms with Crippen LogP contribution >= 0.6 is 15.9 Å². The third-order valence-corrected chi connectivity index (χ3v) is 3.35. The molecule has 2 heteroatoms. The van der Waals surface area contributed by atoms with Crippen molar-refractivity contribution >= 4 is 21.7 Å². The van der Waals surface area contributed by atoms with Crippen molar-refractivity contribution in [2.24, 2.45) is 0 Å². The molecule has 0 spiro atoms. The first kappa shape index (κ1) is 9.91. The predicted octanol–water partition coefficient (Wildman–Crippen LogP) is 3.68. The zero-order chi connectivity index (χ0) is 9.97. The highest BCUT2D eigenvalue weighted by Gasteiger charge is 2.20. The average Bonchev–Trinajstić information content (AvgIpc) is 2.19. The van der Waals surface area contributed by atoms with Crippen LogP contribution in [0.3, 0.4) is 0 Å². The fourth-order valence-corrected chi connectivity index (χ4v) is 2.31. The van der Waals surface area contributed by atoms with Crippen molar-refractivity contribution in [3.05, 3.63) is 34.3 Å².